The van der Waals surface area contributed by atoms with Gasteiger partial charge in [-0.2, -0.15) is 0 Å². The molecule has 0 aliphatic heterocycles. The van der Waals surface area contributed by atoms with Crippen LogP contribution in [0.5, 0.6) is 5.75 Å². The van der Waals surface area contributed by atoms with E-state index in [-0.39, 0.29) is 5.75 Å². The Balaban J connectivity index is 3.50. The van der Waals surface area contributed by atoms with Crippen molar-refractivity contribution in [1.29, 1.82) is 0 Å². The van der Waals surface area contributed by atoms with Crippen molar-refractivity contribution in [2.75, 3.05) is 7.11 Å². The van der Waals surface area contributed by atoms with E-state index in [1.807, 2.05) is 0 Å². The highest BCUT2D eigenvalue weighted by molar-refractivity contribution is 8.13. The number of hydrogen-bond donors (Lipinski definition) is 0. The zero-order valence-electron chi connectivity index (χ0n) is 7.75. The Morgan fingerprint density at radius 3 is 2.44 bits per heavy atom. The quantitative estimate of drug-likeness (QED) is 0.634. The number of nitrogens with zero attached hydrogens (tertiary/aromatic N) is 1. The van der Waals surface area contributed by atoms with Crippen molar-refractivity contribution in [3.63, 3.8) is 0 Å². The Morgan fingerprint density at radius 1 is 1.50 bits per heavy atom. The maximum atomic E-state index is 12.5. The third-order valence-corrected chi connectivity index (χ3v) is 3.11. The number of halogens is 4. The van der Waals surface area contributed by atoms with E-state index in [0.29, 0.717) is 0 Å². The van der Waals surface area contributed by atoms with Crippen LogP contribution < -0.4 is 4.74 Å². The molecule has 0 radical (unpaired) electrons. The van der Waals surface area contributed by atoms with Gasteiger partial charge in [-0.15, -0.1) is 0 Å². The van der Waals surface area contributed by atoms with Crippen LogP contribution in [0.2, 0.25) is 5.15 Å². The van der Waals surface area contributed by atoms with E-state index >= 15 is 0 Å². The fraction of sp³-hybridized carbons (Fsp3) is 0.286. The highest BCUT2D eigenvalue weighted by atomic mass is 35.7. The largest absolute Gasteiger partial charge is 0.496 e. The molecule has 90 valence electrons. The number of alkyl halides is 2. The summed E-state index contributed by atoms with van der Waals surface area (Å²) in [7, 11) is 1.95. The van der Waals surface area contributed by atoms with Crippen LogP contribution in [0.1, 0.15) is 12.0 Å². The van der Waals surface area contributed by atoms with Crippen LogP contribution in [-0.4, -0.2) is 20.5 Å². The fourth-order valence-electron chi connectivity index (χ4n) is 0.972. The van der Waals surface area contributed by atoms with Crippen LogP contribution in [0.4, 0.5) is 8.78 Å². The fourth-order valence-corrected chi connectivity index (χ4v) is 1.97. The van der Waals surface area contributed by atoms with Gasteiger partial charge in [-0.1, -0.05) is 11.6 Å². The first-order chi connectivity index (χ1) is 7.27. The van der Waals surface area contributed by atoms with Gasteiger partial charge in [0.2, 0.25) is 0 Å². The Labute approximate surface area is 99.6 Å². The third-order valence-electron chi connectivity index (χ3n) is 1.64. The zero-order chi connectivity index (χ0) is 12.5. The van der Waals surface area contributed by atoms with Crippen molar-refractivity contribution in [2.24, 2.45) is 0 Å². The van der Waals surface area contributed by atoms with Crippen LogP contribution in [0.15, 0.2) is 11.1 Å². The summed E-state index contributed by atoms with van der Waals surface area (Å²) in [6, 6.07) is 0.787. The first-order valence-corrected chi connectivity index (χ1v) is 6.43. The van der Waals surface area contributed by atoms with Crippen LogP contribution >= 0.6 is 22.3 Å². The van der Waals surface area contributed by atoms with E-state index in [1.165, 1.54) is 0 Å². The second-order valence-corrected chi connectivity index (χ2v) is 5.48. The number of methoxy groups -OCH3 is 1. The van der Waals surface area contributed by atoms with Gasteiger partial charge in [-0.05, 0) is 0 Å². The zero-order valence-corrected chi connectivity index (χ0v) is 10.1. The first-order valence-electron chi connectivity index (χ1n) is 3.74. The normalized spacial score (nSPS) is 11.9. The summed E-state index contributed by atoms with van der Waals surface area (Å²) in [5.74, 6) is -0.380. The third kappa shape index (κ3) is 2.72. The first kappa shape index (κ1) is 13.4. The van der Waals surface area contributed by atoms with E-state index in [0.717, 1.165) is 13.2 Å². The van der Waals surface area contributed by atoms with Gasteiger partial charge < -0.3 is 4.74 Å². The van der Waals surface area contributed by atoms with Crippen molar-refractivity contribution in [3.05, 3.63) is 16.8 Å². The minimum Gasteiger partial charge on any atom is -0.496 e. The molecule has 1 aromatic heterocycles. The molecule has 0 aliphatic rings. The van der Waals surface area contributed by atoms with E-state index < -0.39 is 31.2 Å². The molecule has 0 unspecified atom stereocenters. The molecule has 0 N–H and O–H groups in total. The summed E-state index contributed by atoms with van der Waals surface area (Å²) < 4.78 is 51.5. The van der Waals surface area contributed by atoms with E-state index in [4.69, 9.17) is 22.3 Å². The summed E-state index contributed by atoms with van der Waals surface area (Å²) in [5, 5.41) is -1.30. The molecule has 0 aliphatic carbocycles. The van der Waals surface area contributed by atoms with E-state index in [2.05, 4.69) is 9.72 Å². The van der Waals surface area contributed by atoms with Gasteiger partial charge in [0.1, 0.15) is 10.9 Å². The van der Waals surface area contributed by atoms with Gasteiger partial charge in [-0.3, -0.25) is 0 Å². The van der Waals surface area contributed by atoms with Gasteiger partial charge in [0.05, 0.1) is 12.7 Å². The Kier molecular flexibility index (Phi) is 3.92. The van der Waals surface area contributed by atoms with E-state index in [1.54, 1.807) is 0 Å². The second kappa shape index (κ2) is 4.68. The van der Waals surface area contributed by atoms with Crippen LogP contribution in [0, 0.1) is 0 Å². The smallest absolute Gasteiger partial charge is 0.278 e. The molecule has 0 atom stereocenters. The average molecular weight is 292 g/mol. The lowest BCUT2D eigenvalue weighted by Crippen LogP contribution is -2.02. The van der Waals surface area contributed by atoms with Crippen molar-refractivity contribution < 1.29 is 21.9 Å². The lowest BCUT2D eigenvalue weighted by Gasteiger charge is -2.09. The molecule has 0 amide bonds. The average Bonchev–Trinajstić information content (AvgIpc) is 2.14. The molecule has 0 aromatic carbocycles. The molecule has 9 heteroatoms. The monoisotopic (exact) mass is 291 g/mol. The molecule has 16 heavy (non-hydrogen) atoms. The molecule has 1 heterocycles. The SMILES string of the molecule is COc1cc(S(=O)(=O)Cl)nc(Cl)c1C(F)F. The number of ether oxygens (including phenoxy) is 1. The second-order valence-electron chi connectivity index (χ2n) is 2.61. The molecular weight excluding hydrogens is 287 g/mol. The Morgan fingerprint density at radius 2 is 2.06 bits per heavy atom. The summed E-state index contributed by atoms with van der Waals surface area (Å²) in [4.78, 5) is 3.26. The van der Waals surface area contributed by atoms with Crippen LogP contribution in [-0.2, 0) is 9.05 Å². The molecular formula is C7H5Cl2F2NO3S. The maximum Gasteiger partial charge on any atom is 0.278 e. The molecule has 1 aromatic rings. The van der Waals surface area contributed by atoms with Crippen molar-refractivity contribution in [3.8, 4) is 5.75 Å². The molecule has 0 spiro atoms. The number of aromatic nitrogens is 1. The molecule has 4 nitrogen and oxygen atoms in total. The van der Waals surface area contributed by atoms with Gasteiger partial charge in [-0.25, -0.2) is 22.2 Å². The molecule has 0 fully saturated rings. The standard InChI is InChI=1S/C7H5Cl2F2NO3S/c1-15-3-2-4(16(9,13)14)12-6(8)5(3)7(10)11/h2,7H,1H3. The summed E-state index contributed by atoms with van der Waals surface area (Å²) in [6.45, 7) is 0. The molecule has 0 bridgehead atoms. The molecule has 0 saturated heterocycles. The number of rotatable bonds is 3. The number of hydrogen-bond acceptors (Lipinski definition) is 4. The highest BCUT2D eigenvalue weighted by Crippen LogP contribution is 2.35. The molecule has 0 saturated carbocycles. The summed E-state index contributed by atoms with van der Waals surface area (Å²) >= 11 is 5.42. The van der Waals surface area contributed by atoms with Gasteiger partial charge >= 0.3 is 0 Å². The predicted octanol–water partition coefficient (Wildman–Crippen LogP) is 2.61. The highest BCUT2D eigenvalue weighted by Gasteiger charge is 2.24. The van der Waals surface area contributed by atoms with Gasteiger partial charge in [0.25, 0.3) is 15.5 Å². The Bertz CT molecular complexity index is 507. The lowest BCUT2D eigenvalue weighted by atomic mass is 10.2. The summed E-state index contributed by atoms with van der Waals surface area (Å²) in [5.41, 5.74) is -0.673. The minimum absolute atomic E-state index is 0.380. The van der Waals surface area contributed by atoms with Crippen LogP contribution in [0.25, 0.3) is 0 Å². The minimum atomic E-state index is -4.15. The maximum absolute atomic E-state index is 12.5. The van der Waals surface area contributed by atoms with Gasteiger partial charge in [0.15, 0.2) is 5.03 Å². The van der Waals surface area contributed by atoms with Crippen molar-refractivity contribution in [2.45, 2.75) is 11.5 Å². The topological polar surface area (TPSA) is 56.3 Å². The predicted molar refractivity (Wildman–Crippen MR) is 53.8 cm³/mol. The van der Waals surface area contributed by atoms with Crippen molar-refractivity contribution >= 4 is 31.3 Å². The van der Waals surface area contributed by atoms with Crippen LogP contribution in [0.3, 0.4) is 0 Å². The lowest BCUT2D eigenvalue weighted by molar-refractivity contribution is 0.146. The Hall–Kier alpha value is -0.660. The molecule has 1 rings (SSSR count). The van der Waals surface area contributed by atoms with E-state index in [9.17, 15) is 17.2 Å². The summed E-state index contributed by atoms with van der Waals surface area (Å²) in [6.07, 6.45) is -2.93. The van der Waals surface area contributed by atoms with Crippen molar-refractivity contribution in [1.82, 2.24) is 4.98 Å². The number of pyridine rings is 1. The van der Waals surface area contributed by atoms with Gasteiger partial charge in [0, 0.05) is 16.7 Å².